The number of hydrazine groups is 1. The van der Waals surface area contributed by atoms with E-state index >= 15 is 0 Å². The second-order valence-corrected chi connectivity index (χ2v) is 4.36. The average Bonchev–Trinajstić information content (AvgIpc) is 2.97. The molecule has 0 fully saturated rings. The van der Waals surface area contributed by atoms with Gasteiger partial charge in [-0.2, -0.15) is 15.0 Å². The molecule has 0 aliphatic carbocycles. The maximum absolute atomic E-state index is 5.52. The molecule has 0 aliphatic heterocycles. The highest BCUT2D eigenvalue weighted by Gasteiger charge is 2.08. The van der Waals surface area contributed by atoms with Crippen molar-refractivity contribution in [3.05, 3.63) is 18.7 Å². The van der Waals surface area contributed by atoms with Crippen LogP contribution < -0.4 is 16.0 Å². The van der Waals surface area contributed by atoms with Crippen molar-refractivity contribution < 1.29 is 4.74 Å². The van der Waals surface area contributed by atoms with E-state index in [0.29, 0.717) is 12.6 Å². The van der Waals surface area contributed by atoms with Gasteiger partial charge in [0.05, 0.1) is 6.61 Å². The fourth-order valence-corrected chi connectivity index (χ4v) is 1.51. The molecule has 2 heterocycles. The molecule has 3 N–H and O–H groups in total. The van der Waals surface area contributed by atoms with E-state index in [0.717, 1.165) is 13.0 Å². The van der Waals surface area contributed by atoms with Gasteiger partial charge in [0.2, 0.25) is 11.9 Å². The lowest BCUT2D eigenvalue weighted by atomic mass is 10.4. The van der Waals surface area contributed by atoms with Crippen molar-refractivity contribution in [2.45, 2.75) is 6.42 Å². The number of hydrogen-bond acceptors (Lipinski definition) is 8. The van der Waals surface area contributed by atoms with Crippen molar-refractivity contribution in [2.24, 2.45) is 5.84 Å². The number of ether oxygens (including phenoxy) is 1. The summed E-state index contributed by atoms with van der Waals surface area (Å²) in [7, 11) is 4.02. The Morgan fingerprint density at radius 1 is 1.35 bits per heavy atom. The summed E-state index contributed by atoms with van der Waals surface area (Å²) in [6.45, 7) is 1.46. The average molecular weight is 278 g/mol. The summed E-state index contributed by atoms with van der Waals surface area (Å²) in [4.78, 5) is 18.4. The van der Waals surface area contributed by atoms with Gasteiger partial charge in [-0.3, -0.25) is 9.99 Å². The molecule has 9 nitrogen and oxygen atoms in total. The Morgan fingerprint density at radius 2 is 2.20 bits per heavy atom. The van der Waals surface area contributed by atoms with E-state index in [-0.39, 0.29) is 12.0 Å². The van der Waals surface area contributed by atoms with Crippen LogP contribution in [0.25, 0.3) is 5.95 Å². The third-order valence-corrected chi connectivity index (χ3v) is 2.45. The van der Waals surface area contributed by atoms with E-state index in [1.165, 1.54) is 0 Å². The summed E-state index contributed by atoms with van der Waals surface area (Å²) in [5, 5.41) is 0. The van der Waals surface area contributed by atoms with Crippen LogP contribution in [-0.2, 0) is 0 Å². The number of anilines is 1. The van der Waals surface area contributed by atoms with Gasteiger partial charge in [-0.1, -0.05) is 0 Å². The minimum Gasteiger partial charge on any atom is -0.463 e. The van der Waals surface area contributed by atoms with Crippen LogP contribution in [0.5, 0.6) is 6.01 Å². The Labute approximate surface area is 116 Å². The van der Waals surface area contributed by atoms with E-state index < -0.39 is 0 Å². The normalized spacial score (nSPS) is 10.8. The monoisotopic (exact) mass is 278 g/mol. The molecule has 0 radical (unpaired) electrons. The quantitative estimate of drug-likeness (QED) is 0.403. The molecule has 0 aromatic carbocycles. The molecule has 0 aliphatic rings. The largest absolute Gasteiger partial charge is 0.463 e. The smallest absolute Gasteiger partial charge is 0.323 e. The maximum atomic E-state index is 5.52. The van der Waals surface area contributed by atoms with Crippen molar-refractivity contribution in [3.63, 3.8) is 0 Å². The summed E-state index contributed by atoms with van der Waals surface area (Å²) in [6, 6.07) is 0.232. The summed E-state index contributed by atoms with van der Waals surface area (Å²) in [5.41, 5.74) is 2.39. The Hall–Kier alpha value is -2.26. The van der Waals surface area contributed by atoms with E-state index in [1.807, 2.05) is 14.1 Å². The zero-order chi connectivity index (χ0) is 14.4. The number of imidazole rings is 1. The zero-order valence-electron chi connectivity index (χ0n) is 11.5. The van der Waals surface area contributed by atoms with Crippen LogP contribution in [0.15, 0.2) is 18.7 Å². The van der Waals surface area contributed by atoms with Gasteiger partial charge in [-0.05, 0) is 20.5 Å². The molecule has 0 spiro atoms. The lowest BCUT2D eigenvalue weighted by Gasteiger charge is -2.10. The molecule has 0 unspecified atom stereocenters. The third-order valence-electron chi connectivity index (χ3n) is 2.45. The molecular formula is C11H18N8O. The first-order valence-corrected chi connectivity index (χ1v) is 6.17. The van der Waals surface area contributed by atoms with Gasteiger partial charge < -0.3 is 9.64 Å². The van der Waals surface area contributed by atoms with E-state index in [2.05, 4.69) is 30.3 Å². The fraction of sp³-hybridized carbons (Fsp3) is 0.455. The predicted octanol–water partition coefficient (Wildman–Crippen LogP) is -0.327. The van der Waals surface area contributed by atoms with Gasteiger partial charge in [0.15, 0.2) is 0 Å². The lowest BCUT2D eigenvalue weighted by Crippen LogP contribution is -2.17. The van der Waals surface area contributed by atoms with Crippen LogP contribution in [-0.4, -0.2) is 56.6 Å². The minimum atomic E-state index is 0.232. The van der Waals surface area contributed by atoms with Crippen molar-refractivity contribution in [3.8, 4) is 12.0 Å². The first-order chi connectivity index (χ1) is 9.69. The summed E-state index contributed by atoms with van der Waals surface area (Å²) >= 11 is 0. The van der Waals surface area contributed by atoms with E-state index in [9.17, 15) is 0 Å². The van der Waals surface area contributed by atoms with Gasteiger partial charge in [0.1, 0.15) is 6.33 Å². The highest BCUT2D eigenvalue weighted by atomic mass is 16.5. The first-order valence-electron chi connectivity index (χ1n) is 6.17. The molecule has 9 heteroatoms. The van der Waals surface area contributed by atoms with E-state index in [1.54, 1.807) is 23.3 Å². The van der Waals surface area contributed by atoms with Gasteiger partial charge in [-0.15, -0.1) is 0 Å². The number of aromatic nitrogens is 5. The van der Waals surface area contributed by atoms with Gasteiger partial charge >= 0.3 is 6.01 Å². The molecule has 2 rings (SSSR count). The summed E-state index contributed by atoms with van der Waals surface area (Å²) in [5.74, 6) is 5.98. The van der Waals surface area contributed by atoms with E-state index in [4.69, 9.17) is 10.6 Å². The molecule has 0 amide bonds. The van der Waals surface area contributed by atoms with Crippen LogP contribution >= 0.6 is 0 Å². The number of nitrogens with two attached hydrogens (primary N) is 1. The molecular weight excluding hydrogens is 260 g/mol. The minimum absolute atomic E-state index is 0.232. The molecule has 0 saturated carbocycles. The topological polar surface area (TPSA) is 107 Å². The Kier molecular flexibility index (Phi) is 4.80. The Balaban J connectivity index is 2.06. The first kappa shape index (κ1) is 14.2. The number of hydrogen-bond donors (Lipinski definition) is 2. The SMILES string of the molecule is CN(C)CCCOc1nc(NN)nc(-n2ccnc2)n1. The molecule has 20 heavy (non-hydrogen) atoms. The number of rotatable bonds is 7. The van der Waals surface area contributed by atoms with Gasteiger partial charge in [-0.25, -0.2) is 10.8 Å². The maximum Gasteiger partial charge on any atom is 0.323 e. The van der Waals surface area contributed by atoms with Crippen molar-refractivity contribution in [1.29, 1.82) is 0 Å². The van der Waals surface area contributed by atoms with Crippen LogP contribution in [0, 0.1) is 0 Å². The van der Waals surface area contributed by atoms with Crippen molar-refractivity contribution in [2.75, 3.05) is 32.7 Å². The standard InChI is InChI=1S/C11H18N8O/c1-18(2)5-3-7-20-11-15-9(17-12)14-10(16-11)19-6-4-13-8-19/h4,6,8H,3,5,7,12H2,1-2H3,(H,14,15,16,17). The molecule has 108 valence electrons. The third kappa shape index (κ3) is 3.87. The summed E-state index contributed by atoms with van der Waals surface area (Å²) < 4.78 is 7.17. The molecule has 0 atom stereocenters. The van der Waals surface area contributed by atoms with Crippen molar-refractivity contribution in [1.82, 2.24) is 29.4 Å². The van der Waals surface area contributed by atoms with Crippen LogP contribution in [0.2, 0.25) is 0 Å². The molecule has 2 aromatic heterocycles. The number of nitrogens with one attached hydrogen (secondary N) is 1. The second-order valence-electron chi connectivity index (χ2n) is 4.36. The highest BCUT2D eigenvalue weighted by Crippen LogP contribution is 2.10. The lowest BCUT2D eigenvalue weighted by molar-refractivity contribution is 0.263. The van der Waals surface area contributed by atoms with Crippen LogP contribution in [0.1, 0.15) is 6.42 Å². The van der Waals surface area contributed by atoms with Crippen LogP contribution in [0.4, 0.5) is 5.95 Å². The Morgan fingerprint density at radius 3 is 2.85 bits per heavy atom. The Bertz CT molecular complexity index is 527. The molecule has 0 bridgehead atoms. The molecule has 2 aromatic rings. The second kappa shape index (κ2) is 6.78. The fourth-order valence-electron chi connectivity index (χ4n) is 1.51. The number of nitrogen functional groups attached to an aromatic ring is 1. The predicted molar refractivity (Wildman–Crippen MR) is 73.4 cm³/mol. The molecule has 0 saturated heterocycles. The van der Waals surface area contributed by atoms with Gasteiger partial charge in [0, 0.05) is 18.9 Å². The van der Waals surface area contributed by atoms with Gasteiger partial charge in [0.25, 0.3) is 0 Å². The zero-order valence-corrected chi connectivity index (χ0v) is 11.5. The highest BCUT2D eigenvalue weighted by molar-refractivity contribution is 5.28. The summed E-state index contributed by atoms with van der Waals surface area (Å²) in [6.07, 6.45) is 5.83. The van der Waals surface area contributed by atoms with Crippen LogP contribution in [0.3, 0.4) is 0 Å². The number of nitrogens with zero attached hydrogens (tertiary/aromatic N) is 6. The van der Waals surface area contributed by atoms with Crippen molar-refractivity contribution >= 4 is 5.95 Å².